The monoisotopic (exact) mass is 385 g/mol. The summed E-state index contributed by atoms with van der Waals surface area (Å²) in [4.78, 5) is 17.6. The Bertz CT molecular complexity index is 1220. The van der Waals surface area contributed by atoms with E-state index in [-0.39, 0.29) is 18.1 Å². The van der Waals surface area contributed by atoms with Gasteiger partial charge in [-0.1, -0.05) is 24.3 Å². The number of nitrogens with one attached hydrogen (secondary N) is 1. The van der Waals surface area contributed by atoms with Crippen molar-refractivity contribution in [3.63, 3.8) is 0 Å². The van der Waals surface area contributed by atoms with Crippen LogP contribution in [0.5, 0.6) is 5.75 Å². The lowest BCUT2D eigenvalue weighted by molar-refractivity contribution is -0.115. The minimum atomic E-state index is -0.209. The molecule has 0 saturated carbocycles. The van der Waals surface area contributed by atoms with Gasteiger partial charge in [0, 0.05) is 11.8 Å². The van der Waals surface area contributed by atoms with E-state index in [9.17, 15) is 9.90 Å². The van der Waals surface area contributed by atoms with E-state index in [1.54, 1.807) is 24.3 Å². The van der Waals surface area contributed by atoms with Gasteiger partial charge in [0.2, 0.25) is 5.91 Å². The largest absolute Gasteiger partial charge is 0.506 e. The maximum absolute atomic E-state index is 12.8. The molecule has 1 amide bonds. The second-order valence-corrected chi connectivity index (χ2v) is 7.38. The standard InChI is InChI=1S/C24H23N3O2/c1-15-10-11-27-20(14-23(29)25-19-6-4-5-7-21(19)28)24(26-22(27)12-15)18-9-8-16(2)17(3)13-18/h4-13,28H,14H2,1-3H3,(H,25,29). The number of phenolic OH excluding ortho intramolecular Hbond substituents is 1. The van der Waals surface area contributed by atoms with Crippen molar-refractivity contribution < 1.29 is 9.90 Å². The molecule has 0 aliphatic heterocycles. The molecule has 2 N–H and O–H groups in total. The topological polar surface area (TPSA) is 66.6 Å². The average Bonchev–Trinajstić information content (AvgIpc) is 3.03. The molecule has 0 radical (unpaired) electrons. The molecule has 29 heavy (non-hydrogen) atoms. The van der Waals surface area contributed by atoms with Crippen LogP contribution in [0.4, 0.5) is 5.69 Å². The number of hydrogen-bond acceptors (Lipinski definition) is 3. The van der Waals surface area contributed by atoms with E-state index in [2.05, 4.69) is 31.3 Å². The maximum atomic E-state index is 12.8. The number of imidazole rings is 1. The molecule has 0 bridgehead atoms. The first-order chi connectivity index (χ1) is 13.9. The van der Waals surface area contributed by atoms with Crippen LogP contribution in [0, 0.1) is 20.8 Å². The van der Waals surface area contributed by atoms with Crippen LogP contribution in [-0.2, 0) is 11.2 Å². The van der Waals surface area contributed by atoms with Crippen LogP contribution in [-0.4, -0.2) is 20.4 Å². The van der Waals surface area contributed by atoms with Crippen LogP contribution in [0.25, 0.3) is 16.9 Å². The Labute approximate surface area is 169 Å². The van der Waals surface area contributed by atoms with Gasteiger partial charge in [0.1, 0.15) is 11.4 Å². The van der Waals surface area contributed by atoms with Crippen molar-refractivity contribution in [2.24, 2.45) is 0 Å². The van der Waals surface area contributed by atoms with Crippen LogP contribution >= 0.6 is 0 Å². The van der Waals surface area contributed by atoms with Crippen molar-refractivity contribution in [1.29, 1.82) is 0 Å². The summed E-state index contributed by atoms with van der Waals surface area (Å²) >= 11 is 0. The minimum absolute atomic E-state index is 0.0454. The smallest absolute Gasteiger partial charge is 0.230 e. The zero-order valence-corrected chi connectivity index (χ0v) is 16.7. The van der Waals surface area contributed by atoms with Gasteiger partial charge in [0.25, 0.3) is 0 Å². The molecule has 2 heterocycles. The average molecular weight is 385 g/mol. The number of fused-ring (bicyclic) bond motifs is 1. The normalized spacial score (nSPS) is 11.0. The van der Waals surface area contributed by atoms with Gasteiger partial charge in [-0.25, -0.2) is 4.98 Å². The first-order valence-corrected chi connectivity index (χ1v) is 9.55. The van der Waals surface area contributed by atoms with Crippen LogP contribution in [0.15, 0.2) is 60.8 Å². The number of aromatic hydroxyl groups is 1. The van der Waals surface area contributed by atoms with E-state index in [0.29, 0.717) is 5.69 Å². The van der Waals surface area contributed by atoms with E-state index in [4.69, 9.17) is 4.98 Å². The number of carbonyl (C=O) groups is 1. The van der Waals surface area contributed by atoms with Gasteiger partial charge in [-0.2, -0.15) is 0 Å². The van der Waals surface area contributed by atoms with Gasteiger partial charge in [-0.3, -0.25) is 4.79 Å². The molecule has 2 aromatic heterocycles. The van der Waals surface area contributed by atoms with Crippen molar-refractivity contribution in [3.05, 3.63) is 83.2 Å². The summed E-state index contributed by atoms with van der Waals surface area (Å²) in [5.74, 6) is -0.164. The Morgan fingerprint density at radius 1 is 1.03 bits per heavy atom. The van der Waals surface area contributed by atoms with E-state index < -0.39 is 0 Å². The highest BCUT2D eigenvalue weighted by atomic mass is 16.3. The fourth-order valence-electron chi connectivity index (χ4n) is 3.41. The van der Waals surface area contributed by atoms with Crippen LogP contribution < -0.4 is 5.32 Å². The summed E-state index contributed by atoms with van der Waals surface area (Å²) in [6, 6.07) is 16.9. The van der Waals surface area contributed by atoms with Crippen molar-refractivity contribution in [2.75, 3.05) is 5.32 Å². The molecule has 0 aliphatic carbocycles. The number of para-hydroxylation sites is 2. The summed E-state index contributed by atoms with van der Waals surface area (Å²) in [6.45, 7) is 6.17. The molecule has 4 aromatic rings. The number of anilines is 1. The molecule has 4 rings (SSSR count). The second-order valence-electron chi connectivity index (χ2n) is 7.38. The summed E-state index contributed by atoms with van der Waals surface area (Å²) in [5, 5.41) is 12.7. The fraction of sp³-hybridized carbons (Fsp3) is 0.167. The Morgan fingerprint density at radius 3 is 2.59 bits per heavy atom. The third-order valence-electron chi connectivity index (χ3n) is 5.17. The Hall–Kier alpha value is -3.60. The zero-order valence-electron chi connectivity index (χ0n) is 16.7. The number of carbonyl (C=O) groups excluding carboxylic acids is 1. The van der Waals surface area contributed by atoms with Gasteiger partial charge in [-0.15, -0.1) is 0 Å². The Morgan fingerprint density at radius 2 is 1.83 bits per heavy atom. The molecular weight excluding hydrogens is 362 g/mol. The summed E-state index contributed by atoms with van der Waals surface area (Å²) < 4.78 is 1.96. The highest BCUT2D eigenvalue weighted by Gasteiger charge is 2.18. The van der Waals surface area contributed by atoms with Crippen LogP contribution in [0.1, 0.15) is 22.4 Å². The number of hydrogen-bond donors (Lipinski definition) is 2. The van der Waals surface area contributed by atoms with Gasteiger partial charge < -0.3 is 14.8 Å². The SMILES string of the molecule is Cc1ccn2c(CC(=O)Nc3ccccc3O)c(-c3ccc(C)c(C)c3)nc2c1. The third-order valence-corrected chi connectivity index (χ3v) is 5.17. The van der Waals surface area contributed by atoms with Crippen molar-refractivity contribution in [2.45, 2.75) is 27.2 Å². The quantitative estimate of drug-likeness (QED) is 0.495. The van der Waals surface area contributed by atoms with Crippen LogP contribution in [0.3, 0.4) is 0 Å². The molecular formula is C24H23N3O2. The molecule has 0 atom stereocenters. The predicted octanol–water partition coefficient (Wildman–Crippen LogP) is 4.81. The highest BCUT2D eigenvalue weighted by Crippen LogP contribution is 2.28. The molecule has 146 valence electrons. The number of phenols is 1. The highest BCUT2D eigenvalue weighted by molar-refractivity contribution is 5.94. The molecule has 0 unspecified atom stereocenters. The third kappa shape index (κ3) is 3.72. The van der Waals surface area contributed by atoms with Gasteiger partial charge in [0.15, 0.2) is 0 Å². The van der Waals surface area contributed by atoms with E-state index in [0.717, 1.165) is 28.2 Å². The van der Waals surface area contributed by atoms with E-state index in [1.807, 2.05) is 35.7 Å². The van der Waals surface area contributed by atoms with Crippen molar-refractivity contribution in [3.8, 4) is 17.0 Å². The second kappa shape index (κ2) is 7.43. The number of benzene rings is 2. The maximum Gasteiger partial charge on any atom is 0.230 e. The lowest BCUT2D eigenvalue weighted by Crippen LogP contribution is -2.16. The summed E-state index contributed by atoms with van der Waals surface area (Å²) in [7, 11) is 0. The number of pyridine rings is 1. The number of rotatable bonds is 4. The fourth-order valence-corrected chi connectivity index (χ4v) is 3.41. The Kier molecular flexibility index (Phi) is 4.80. The minimum Gasteiger partial charge on any atom is -0.506 e. The molecule has 0 spiro atoms. The van der Waals surface area contributed by atoms with Gasteiger partial charge in [-0.05, 0) is 67.8 Å². The number of aryl methyl sites for hydroxylation is 3. The van der Waals surface area contributed by atoms with Crippen molar-refractivity contribution >= 4 is 17.2 Å². The zero-order chi connectivity index (χ0) is 20.5. The molecule has 5 nitrogen and oxygen atoms in total. The first kappa shape index (κ1) is 18.7. The van der Waals surface area contributed by atoms with E-state index >= 15 is 0 Å². The number of nitrogens with zero attached hydrogens (tertiary/aromatic N) is 2. The molecule has 0 aliphatic rings. The molecule has 2 aromatic carbocycles. The Balaban J connectivity index is 1.76. The lowest BCUT2D eigenvalue weighted by atomic mass is 10.0. The van der Waals surface area contributed by atoms with Crippen LogP contribution in [0.2, 0.25) is 0 Å². The van der Waals surface area contributed by atoms with E-state index in [1.165, 1.54) is 11.1 Å². The lowest BCUT2D eigenvalue weighted by Gasteiger charge is -2.09. The van der Waals surface area contributed by atoms with Gasteiger partial charge >= 0.3 is 0 Å². The van der Waals surface area contributed by atoms with Crippen molar-refractivity contribution in [1.82, 2.24) is 9.38 Å². The predicted molar refractivity (Wildman–Crippen MR) is 115 cm³/mol. The van der Waals surface area contributed by atoms with Gasteiger partial charge in [0.05, 0.1) is 23.5 Å². The number of aromatic nitrogens is 2. The number of amides is 1. The first-order valence-electron chi connectivity index (χ1n) is 9.55. The molecule has 5 heteroatoms. The molecule has 0 saturated heterocycles. The molecule has 0 fully saturated rings. The summed E-state index contributed by atoms with van der Waals surface area (Å²) in [5.41, 5.74) is 7.31. The summed E-state index contributed by atoms with van der Waals surface area (Å²) in [6.07, 6.45) is 2.09.